The van der Waals surface area contributed by atoms with Crippen LogP contribution < -0.4 is 4.90 Å². The van der Waals surface area contributed by atoms with Gasteiger partial charge in [-0.1, -0.05) is 13.8 Å². The molecule has 2 rings (SSSR count). The van der Waals surface area contributed by atoms with Crippen LogP contribution in [0.4, 0.5) is 5.82 Å². The van der Waals surface area contributed by atoms with Crippen LogP contribution in [0.15, 0.2) is 22.8 Å². The standard InChI is InChI=1S/C11H15BrN2/c1-8-6-14(7-9(8)2)11-4-3-10(12)5-13-11/h3-5,8-9H,6-7H2,1-2H3. The van der Waals surface area contributed by atoms with E-state index in [2.05, 4.69) is 51.8 Å². The first-order valence-electron chi connectivity index (χ1n) is 5.03. The van der Waals surface area contributed by atoms with Crippen molar-refractivity contribution in [3.63, 3.8) is 0 Å². The molecule has 2 nitrogen and oxygen atoms in total. The Morgan fingerprint density at radius 1 is 1.29 bits per heavy atom. The van der Waals surface area contributed by atoms with E-state index < -0.39 is 0 Å². The highest BCUT2D eigenvalue weighted by atomic mass is 79.9. The van der Waals surface area contributed by atoms with Gasteiger partial charge in [0.05, 0.1) is 0 Å². The largest absolute Gasteiger partial charge is 0.356 e. The maximum absolute atomic E-state index is 4.41. The number of halogens is 1. The van der Waals surface area contributed by atoms with Gasteiger partial charge in [-0.2, -0.15) is 0 Å². The van der Waals surface area contributed by atoms with Crippen molar-refractivity contribution in [2.24, 2.45) is 11.8 Å². The number of hydrogen-bond acceptors (Lipinski definition) is 2. The molecule has 1 aliphatic rings. The third-order valence-electron chi connectivity index (χ3n) is 3.02. The van der Waals surface area contributed by atoms with Crippen LogP contribution in [0.2, 0.25) is 0 Å². The fourth-order valence-corrected chi connectivity index (χ4v) is 2.11. The zero-order valence-electron chi connectivity index (χ0n) is 8.57. The molecule has 0 saturated carbocycles. The molecule has 0 radical (unpaired) electrons. The molecular formula is C11H15BrN2. The second kappa shape index (κ2) is 3.89. The molecule has 0 spiro atoms. The first-order valence-corrected chi connectivity index (χ1v) is 5.82. The molecule has 0 amide bonds. The number of aromatic nitrogens is 1. The van der Waals surface area contributed by atoms with Crippen LogP contribution in [0.25, 0.3) is 0 Å². The summed E-state index contributed by atoms with van der Waals surface area (Å²) in [4.78, 5) is 6.77. The maximum Gasteiger partial charge on any atom is 0.128 e. The molecule has 1 aromatic heterocycles. The summed E-state index contributed by atoms with van der Waals surface area (Å²) in [6, 6.07) is 4.13. The topological polar surface area (TPSA) is 16.1 Å². The molecule has 0 bridgehead atoms. The van der Waals surface area contributed by atoms with Crippen LogP contribution in [-0.2, 0) is 0 Å². The number of nitrogens with zero attached hydrogens (tertiary/aromatic N) is 2. The van der Waals surface area contributed by atoms with Crippen molar-refractivity contribution in [3.05, 3.63) is 22.8 Å². The van der Waals surface area contributed by atoms with E-state index in [1.807, 2.05) is 6.20 Å². The van der Waals surface area contributed by atoms with Gasteiger partial charge in [0.15, 0.2) is 0 Å². The van der Waals surface area contributed by atoms with Gasteiger partial charge in [-0.05, 0) is 39.9 Å². The van der Waals surface area contributed by atoms with E-state index in [0.717, 1.165) is 35.2 Å². The summed E-state index contributed by atoms with van der Waals surface area (Å²) in [6.07, 6.45) is 1.86. The molecule has 2 heterocycles. The molecule has 1 fully saturated rings. The smallest absolute Gasteiger partial charge is 0.128 e. The number of rotatable bonds is 1. The van der Waals surface area contributed by atoms with Crippen LogP contribution in [-0.4, -0.2) is 18.1 Å². The van der Waals surface area contributed by atoms with E-state index in [1.54, 1.807) is 0 Å². The summed E-state index contributed by atoms with van der Waals surface area (Å²) in [5.41, 5.74) is 0. The summed E-state index contributed by atoms with van der Waals surface area (Å²) in [5, 5.41) is 0. The molecule has 2 atom stereocenters. The quantitative estimate of drug-likeness (QED) is 0.767. The van der Waals surface area contributed by atoms with Crippen molar-refractivity contribution in [2.45, 2.75) is 13.8 Å². The molecule has 0 aromatic carbocycles. The third-order valence-corrected chi connectivity index (χ3v) is 3.49. The van der Waals surface area contributed by atoms with E-state index >= 15 is 0 Å². The second-order valence-corrected chi connectivity index (χ2v) is 5.11. The molecule has 1 aromatic rings. The van der Waals surface area contributed by atoms with E-state index in [-0.39, 0.29) is 0 Å². The number of anilines is 1. The third kappa shape index (κ3) is 1.92. The summed E-state index contributed by atoms with van der Waals surface area (Å²) in [7, 11) is 0. The highest BCUT2D eigenvalue weighted by Crippen LogP contribution is 2.26. The first-order chi connectivity index (χ1) is 6.66. The fourth-order valence-electron chi connectivity index (χ4n) is 1.87. The average Bonchev–Trinajstić information content (AvgIpc) is 2.48. The van der Waals surface area contributed by atoms with Crippen molar-refractivity contribution in [1.82, 2.24) is 4.98 Å². The van der Waals surface area contributed by atoms with E-state index in [0.29, 0.717) is 0 Å². The highest BCUT2D eigenvalue weighted by Gasteiger charge is 2.26. The molecule has 0 aliphatic carbocycles. The summed E-state index contributed by atoms with van der Waals surface area (Å²) in [5.74, 6) is 2.66. The van der Waals surface area contributed by atoms with Gasteiger partial charge in [-0.15, -0.1) is 0 Å². The lowest BCUT2D eigenvalue weighted by Crippen LogP contribution is -2.20. The van der Waals surface area contributed by atoms with E-state index in [1.165, 1.54) is 0 Å². The van der Waals surface area contributed by atoms with Gasteiger partial charge in [0.2, 0.25) is 0 Å². The molecule has 1 saturated heterocycles. The molecule has 1 aliphatic heterocycles. The second-order valence-electron chi connectivity index (χ2n) is 4.19. The molecule has 0 N–H and O–H groups in total. The van der Waals surface area contributed by atoms with Crippen LogP contribution in [0.5, 0.6) is 0 Å². The van der Waals surface area contributed by atoms with Gasteiger partial charge in [0.1, 0.15) is 5.82 Å². The Hall–Kier alpha value is -0.570. The predicted octanol–water partition coefficient (Wildman–Crippen LogP) is 2.94. The van der Waals surface area contributed by atoms with Crippen LogP contribution in [0.3, 0.4) is 0 Å². The van der Waals surface area contributed by atoms with Crippen molar-refractivity contribution >= 4 is 21.7 Å². The van der Waals surface area contributed by atoms with E-state index in [4.69, 9.17) is 0 Å². The average molecular weight is 255 g/mol. The lowest BCUT2D eigenvalue weighted by atomic mass is 10.0. The minimum Gasteiger partial charge on any atom is -0.356 e. The van der Waals surface area contributed by atoms with E-state index in [9.17, 15) is 0 Å². The highest BCUT2D eigenvalue weighted by molar-refractivity contribution is 9.10. The van der Waals surface area contributed by atoms with Crippen LogP contribution in [0, 0.1) is 11.8 Å². The fraction of sp³-hybridized carbons (Fsp3) is 0.545. The Kier molecular flexibility index (Phi) is 2.77. The zero-order chi connectivity index (χ0) is 10.1. The van der Waals surface area contributed by atoms with Crippen molar-refractivity contribution in [1.29, 1.82) is 0 Å². The van der Waals surface area contributed by atoms with Crippen molar-refractivity contribution < 1.29 is 0 Å². The van der Waals surface area contributed by atoms with Crippen LogP contribution in [0.1, 0.15) is 13.8 Å². The lowest BCUT2D eigenvalue weighted by molar-refractivity contribution is 0.494. The Morgan fingerprint density at radius 2 is 1.93 bits per heavy atom. The normalized spacial score (nSPS) is 26.9. The zero-order valence-corrected chi connectivity index (χ0v) is 10.2. The SMILES string of the molecule is CC1CN(c2ccc(Br)cn2)CC1C. The molecule has 2 unspecified atom stereocenters. The molecule has 3 heteroatoms. The molecular weight excluding hydrogens is 240 g/mol. The maximum atomic E-state index is 4.41. The van der Waals surface area contributed by atoms with Gasteiger partial charge >= 0.3 is 0 Å². The lowest BCUT2D eigenvalue weighted by Gasteiger charge is -2.16. The Morgan fingerprint density at radius 3 is 2.43 bits per heavy atom. The van der Waals surface area contributed by atoms with Gasteiger partial charge < -0.3 is 4.90 Å². The summed E-state index contributed by atoms with van der Waals surface area (Å²) < 4.78 is 1.04. The minimum absolute atomic E-state index is 0.778. The Labute approximate surface area is 93.5 Å². The van der Waals surface area contributed by atoms with Gasteiger partial charge in [0.25, 0.3) is 0 Å². The number of hydrogen-bond donors (Lipinski definition) is 0. The van der Waals surface area contributed by atoms with Gasteiger partial charge in [-0.25, -0.2) is 4.98 Å². The Balaban J connectivity index is 2.13. The predicted molar refractivity (Wildman–Crippen MR) is 62.5 cm³/mol. The number of pyridine rings is 1. The molecule has 76 valence electrons. The monoisotopic (exact) mass is 254 g/mol. The first kappa shape index (κ1) is 9.97. The van der Waals surface area contributed by atoms with Gasteiger partial charge in [-0.3, -0.25) is 0 Å². The van der Waals surface area contributed by atoms with Gasteiger partial charge in [0, 0.05) is 23.8 Å². The van der Waals surface area contributed by atoms with Crippen LogP contribution >= 0.6 is 15.9 Å². The minimum atomic E-state index is 0.778. The summed E-state index contributed by atoms with van der Waals surface area (Å²) in [6.45, 7) is 6.89. The van der Waals surface area contributed by atoms with Crippen molar-refractivity contribution in [2.75, 3.05) is 18.0 Å². The Bertz CT molecular complexity index is 300. The van der Waals surface area contributed by atoms with Crippen molar-refractivity contribution in [3.8, 4) is 0 Å². The summed E-state index contributed by atoms with van der Waals surface area (Å²) >= 11 is 3.40. The molecule has 14 heavy (non-hydrogen) atoms.